The molecule has 10 heteroatoms. The lowest BCUT2D eigenvalue weighted by Gasteiger charge is -2.09. The predicted octanol–water partition coefficient (Wildman–Crippen LogP) is 5.14. The van der Waals surface area contributed by atoms with Gasteiger partial charge in [0.1, 0.15) is 17.3 Å². The highest BCUT2D eigenvalue weighted by atomic mass is 35.5. The van der Waals surface area contributed by atoms with Crippen molar-refractivity contribution in [2.45, 2.75) is 11.8 Å². The highest BCUT2D eigenvalue weighted by molar-refractivity contribution is 7.90. The maximum Gasteiger partial charge on any atom is 0.281 e. The molecule has 0 atom stereocenters. The van der Waals surface area contributed by atoms with Crippen molar-refractivity contribution in [3.63, 3.8) is 0 Å². The van der Waals surface area contributed by atoms with E-state index in [0.29, 0.717) is 28.0 Å². The van der Waals surface area contributed by atoms with E-state index >= 15 is 0 Å². The Hall–Kier alpha value is -3.56. The van der Waals surface area contributed by atoms with Crippen molar-refractivity contribution in [1.29, 1.82) is 0 Å². The predicted molar refractivity (Wildman–Crippen MR) is 125 cm³/mol. The van der Waals surface area contributed by atoms with Crippen molar-refractivity contribution in [3.8, 4) is 5.75 Å². The van der Waals surface area contributed by atoms with Gasteiger partial charge in [0.15, 0.2) is 0 Å². The zero-order chi connectivity index (χ0) is 23.8. The molecule has 3 aromatic carbocycles. The number of amides is 1. The number of sulfonamides is 1. The summed E-state index contributed by atoms with van der Waals surface area (Å²) in [5, 5.41) is 3.77. The molecule has 4 rings (SSSR count). The summed E-state index contributed by atoms with van der Waals surface area (Å²) in [5.41, 5.74) is 2.76. The number of fused-ring (bicyclic) bond motifs is 1. The Labute approximate surface area is 194 Å². The lowest BCUT2D eigenvalue weighted by Crippen LogP contribution is -2.30. The fraction of sp³-hybridized carbons (Fsp3) is 0.0870. The van der Waals surface area contributed by atoms with Crippen molar-refractivity contribution in [2.75, 3.05) is 12.4 Å². The summed E-state index contributed by atoms with van der Waals surface area (Å²) in [6.07, 6.45) is 0. The van der Waals surface area contributed by atoms with E-state index in [1.54, 1.807) is 12.1 Å². The molecule has 1 heterocycles. The number of aromatic nitrogens is 1. The molecule has 0 aliphatic rings. The van der Waals surface area contributed by atoms with Crippen LogP contribution in [-0.2, 0) is 10.0 Å². The molecule has 0 saturated carbocycles. The molecule has 33 heavy (non-hydrogen) atoms. The Kier molecular flexibility index (Phi) is 6.01. The van der Waals surface area contributed by atoms with Crippen LogP contribution in [0.1, 0.15) is 16.1 Å². The molecule has 170 valence electrons. The normalized spacial score (nSPS) is 11.4. The summed E-state index contributed by atoms with van der Waals surface area (Å²) < 4.78 is 45.8. The lowest BCUT2D eigenvalue weighted by atomic mass is 10.1. The molecule has 0 bridgehead atoms. The molecule has 1 aromatic heterocycles. The molecule has 0 radical (unpaired) electrons. The monoisotopic (exact) mass is 487 g/mol. The van der Waals surface area contributed by atoms with Gasteiger partial charge in [-0.25, -0.2) is 17.5 Å². The third-order valence-corrected chi connectivity index (χ3v) is 6.68. The summed E-state index contributed by atoms with van der Waals surface area (Å²) in [6, 6.07) is 15.1. The molecule has 0 aliphatic heterocycles. The van der Waals surface area contributed by atoms with Crippen LogP contribution < -0.4 is 14.8 Å². The number of nitrogens with one attached hydrogen (secondary N) is 3. The molecular formula is C23H19ClFN3O4S. The van der Waals surface area contributed by atoms with Gasteiger partial charge in [-0.05, 0) is 67.1 Å². The Bertz CT molecular complexity index is 1470. The standard InChI is InChI=1S/C23H19ClFN3O4S/c1-13-3-10-20(26-14-4-9-19(25)18(24)11-14)17-12-21(27-22(13)17)23(29)28-33(30,31)16-7-5-15(32-2)6-8-16/h3-12,26-27H,1-2H3,(H,28,29). The van der Waals surface area contributed by atoms with Crippen LogP contribution in [-0.4, -0.2) is 26.4 Å². The van der Waals surface area contributed by atoms with Gasteiger partial charge in [0.25, 0.3) is 15.9 Å². The van der Waals surface area contributed by atoms with E-state index in [2.05, 4.69) is 15.0 Å². The second-order valence-corrected chi connectivity index (χ2v) is 9.36. The topological polar surface area (TPSA) is 100 Å². The second kappa shape index (κ2) is 8.76. The number of carbonyl (C=O) groups is 1. The zero-order valence-corrected chi connectivity index (χ0v) is 19.1. The van der Waals surface area contributed by atoms with Gasteiger partial charge in [0, 0.05) is 16.8 Å². The van der Waals surface area contributed by atoms with Crippen molar-refractivity contribution >= 4 is 49.8 Å². The van der Waals surface area contributed by atoms with E-state index in [1.807, 2.05) is 13.0 Å². The summed E-state index contributed by atoms with van der Waals surface area (Å²) >= 11 is 5.86. The minimum absolute atomic E-state index is 0.0266. The van der Waals surface area contributed by atoms with E-state index in [0.717, 1.165) is 5.56 Å². The minimum Gasteiger partial charge on any atom is -0.497 e. The summed E-state index contributed by atoms with van der Waals surface area (Å²) in [4.78, 5) is 15.7. The number of rotatable bonds is 6. The van der Waals surface area contributed by atoms with Crippen LogP contribution in [0.2, 0.25) is 5.02 Å². The molecule has 0 spiro atoms. The average Bonchev–Trinajstić information content (AvgIpc) is 3.25. The van der Waals surface area contributed by atoms with E-state index in [9.17, 15) is 17.6 Å². The lowest BCUT2D eigenvalue weighted by molar-refractivity contribution is 0.0977. The van der Waals surface area contributed by atoms with Gasteiger partial charge in [0.2, 0.25) is 0 Å². The fourth-order valence-corrected chi connectivity index (χ4v) is 4.46. The highest BCUT2D eigenvalue weighted by Crippen LogP contribution is 2.31. The van der Waals surface area contributed by atoms with Crippen LogP contribution in [0.25, 0.3) is 10.9 Å². The largest absolute Gasteiger partial charge is 0.497 e. The third-order valence-electron chi connectivity index (χ3n) is 5.04. The number of methoxy groups -OCH3 is 1. The molecule has 3 N–H and O–H groups in total. The van der Waals surface area contributed by atoms with Gasteiger partial charge < -0.3 is 15.0 Å². The first-order chi connectivity index (χ1) is 15.7. The Morgan fingerprint density at radius 3 is 2.45 bits per heavy atom. The number of anilines is 2. The van der Waals surface area contributed by atoms with Crippen LogP contribution in [0.15, 0.2) is 65.6 Å². The quantitative estimate of drug-likeness (QED) is 0.349. The van der Waals surface area contributed by atoms with Crippen LogP contribution in [0.4, 0.5) is 15.8 Å². The first-order valence-corrected chi connectivity index (χ1v) is 11.6. The van der Waals surface area contributed by atoms with Crippen molar-refractivity contribution < 1.29 is 22.3 Å². The Morgan fingerprint density at radius 1 is 1.06 bits per heavy atom. The first-order valence-electron chi connectivity index (χ1n) is 9.73. The first kappa shape index (κ1) is 22.6. The van der Waals surface area contributed by atoms with Gasteiger partial charge in [-0.2, -0.15) is 0 Å². The summed E-state index contributed by atoms with van der Waals surface area (Å²) in [6.45, 7) is 1.85. The number of ether oxygens (including phenoxy) is 1. The maximum absolute atomic E-state index is 13.5. The molecule has 0 fully saturated rings. The SMILES string of the molecule is COc1ccc(S(=O)(=O)NC(=O)c2cc3c(Nc4ccc(F)c(Cl)c4)ccc(C)c3[nH]2)cc1. The van der Waals surface area contributed by atoms with E-state index in [-0.39, 0.29) is 15.6 Å². The van der Waals surface area contributed by atoms with Crippen LogP contribution in [0.5, 0.6) is 5.75 Å². The Morgan fingerprint density at radius 2 is 1.79 bits per heavy atom. The number of aryl methyl sites for hydroxylation is 1. The van der Waals surface area contributed by atoms with Crippen LogP contribution >= 0.6 is 11.6 Å². The summed E-state index contributed by atoms with van der Waals surface area (Å²) in [7, 11) is -2.62. The van der Waals surface area contributed by atoms with Crippen molar-refractivity contribution in [3.05, 3.63) is 82.8 Å². The van der Waals surface area contributed by atoms with Crippen molar-refractivity contribution in [2.24, 2.45) is 0 Å². The average molecular weight is 488 g/mol. The number of hydrogen-bond acceptors (Lipinski definition) is 5. The van der Waals surface area contributed by atoms with Crippen LogP contribution in [0, 0.1) is 12.7 Å². The van der Waals surface area contributed by atoms with E-state index < -0.39 is 21.7 Å². The summed E-state index contributed by atoms with van der Waals surface area (Å²) in [5.74, 6) is -0.846. The number of halogens is 2. The third kappa shape index (κ3) is 4.64. The van der Waals surface area contributed by atoms with Gasteiger partial charge in [0.05, 0.1) is 22.5 Å². The molecule has 0 saturated heterocycles. The molecule has 7 nitrogen and oxygen atoms in total. The number of benzene rings is 3. The number of H-pyrrole nitrogens is 1. The zero-order valence-electron chi connectivity index (χ0n) is 17.6. The number of carbonyl (C=O) groups excluding carboxylic acids is 1. The smallest absolute Gasteiger partial charge is 0.281 e. The number of hydrogen-bond donors (Lipinski definition) is 3. The second-order valence-electron chi connectivity index (χ2n) is 7.27. The minimum atomic E-state index is -4.09. The molecule has 4 aromatic rings. The maximum atomic E-state index is 13.5. The van der Waals surface area contributed by atoms with Gasteiger partial charge in [-0.3, -0.25) is 4.79 Å². The highest BCUT2D eigenvalue weighted by Gasteiger charge is 2.21. The van der Waals surface area contributed by atoms with E-state index in [4.69, 9.17) is 16.3 Å². The van der Waals surface area contributed by atoms with E-state index in [1.165, 1.54) is 49.6 Å². The van der Waals surface area contributed by atoms with Crippen molar-refractivity contribution in [1.82, 2.24) is 9.71 Å². The number of aromatic amines is 1. The molecule has 1 amide bonds. The molecular weight excluding hydrogens is 469 g/mol. The molecule has 0 unspecified atom stereocenters. The van der Waals surface area contributed by atoms with Gasteiger partial charge in [-0.15, -0.1) is 0 Å². The fourth-order valence-electron chi connectivity index (χ4n) is 3.31. The van der Waals surface area contributed by atoms with Crippen LogP contribution in [0.3, 0.4) is 0 Å². The van der Waals surface area contributed by atoms with Gasteiger partial charge >= 0.3 is 0 Å². The van der Waals surface area contributed by atoms with Gasteiger partial charge in [-0.1, -0.05) is 17.7 Å². The Balaban J connectivity index is 1.64. The molecule has 0 aliphatic carbocycles.